The molecule has 0 spiro atoms. The Hall–Kier alpha value is -1.64. The van der Waals surface area contributed by atoms with E-state index in [1.807, 2.05) is 37.0 Å². The van der Waals surface area contributed by atoms with E-state index in [0.717, 1.165) is 35.0 Å². The summed E-state index contributed by atoms with van der Waals surface area (Å²) in [5.74, 6) is 4.37. The maximum atomic E-state index is 4.55. The van der Waals surface area contributed by atoms with E-state index in [1.54, 1.807) is 6.20 Å². The fraction of sp³-hybridized carbons (Fsp3) is 0.571. The molecule has 2 aromatic heterocycles. The van der Waals surface area contributed by atoms with Gasteiger partial charge in [0.15, 0.2) is 5.96 Å². The van der Waals surface area contributed by atoms with E-state index in [0.29, 0.717) is 12.6 Å². The van der Waals surface area contributed by atoms with Gasteiger partial charge in [0.1, 0.15) is 11.6 Å². The zero-order valence-corrected chi connectivity index (χ0v) is 19.7. The summed E-state index contributed by atoms with van der Waals surface area (Å²) in [5, 5.41) is 7.00. The Labute approximate surface area is 185 Å². The van der Waals surface area contributed by atoms with Gasteiger partial charge in [0.2, 0.25) is 0 Å². The predicted octanol–water partition coefficient (Wildman–Crippen LogP) is 4.07. The molecule has 0 amide bonds. The smallest absolute Gasteiger partial charge is 0.191 e. The second kappa shape index (κ2) is 10.8. The van der Waals surface area contributed by atoms with Crippen LogP contribution in [0.4, 0.5) is 0 Å². The lowest BCUT2D eigenvalue weighted by molar-refractivity contribution is 0.250. The first kappa shape index (κ1) is 22.6. The molecule has 0 atom stereocenters. The SMILES string of the molecule is CN=C(NCc1ccc(-n2ccnc2C)nc1)NC1CCC(C(C)C)CC1.I. The molecule has 28 heavy (non-hydrogen) atoms. The monoisotopic (exact) mass is 496 g/mol. The Morgan fingerprint density at radius 1 is 1.21 bits per heavy atom. The van der Waals surface area contributed by atoms with Gasteiger partial charge in [-0.1, -0.05) is 19.9 Å². The lowest BCUT2D eigenvalue weighted by Crippen LogP contribution is -2.44. The van der Waals surface area contributed by atoms with Crippen LogP contribution in [0.3, 0.4) is 0 Å². The number of guanidine groups is 1. The van der Waals surface area contributed by atoms with Crippen molar-refractivity contribution in [3.05, 3.63) is 42.1 Å². The lowest BCUT2D eigenvalue weighted by Gasteiger charge is -2.32. The van der Waals surface area contributed by atoms with Crippen molar-refractivity contribution in [3.63, 3.8) is 0 Å². The molecule has 0 bridgehead atoms. The molecule has 0 saturated heterocycles. The minimum absolute atomic E-state index is 0. The number of hydrogen-bond acceptors (Lipinski definition) is 3. The van der Waals surface area contributed by atoms with Crippen molar-refractivity contribution in [1.82, 2.24) is 25.2 Å². The normalized spacial score (nSPS) is 20.0. The second-order valence-electron chi connectivity index (χ2n) is 7.79. The molecule has 2 aromatic rings. The molecular weight excluding hydrogens is 463 g/mol. The Kier molecular flexibility index (Phi) is 8.72. The van der Waals surface area contributed by atoms with Gasteiger partial charge in [-0.05, 0) is 56.1 Å². The summed E-state index contributed by atoms with van der Waals surface area (Å²) in [7, 11) is 1.83. The van der Waals surface area contributed by atoms with Crippen LogP contribution in [0, 0.1) is 18.8 Å². The maximum absolute atomic E-state index is 4.55. The molecule has 0 aromatic carbocycles. The number of rotatable bonds is 5. The standard InChI is InChI=1S/C21H32N6.HI/c1-15(2)18-6-8-19(9-7-18)26-21(22-4)25-14-17-5-10-20(24-13-17)27-12-11-23-16(27)3;/h5,10-13,15,18-19H,6-9,14H2,1-4H3,(H2,22,25,26);1H. The number of aliphatic imine (C=N–C) groups is 1. The highest BCUT2D eigenvalue weighted by atomic mass is 127. The molecule has 2 heterocycles. The van der Waals surface area contributed by atoms with Crippen molar-refractivity contribution in [2.24, 2.45) is 16.8 Å². The van der Waals surface area contributed by atoms with Crippen LogP contribution in [0.1, 0.15) is 50.9 Å². The van der Waals surface area contributed by atoms with E-state index in [2.05, 4.69) is 45.5 Å². The van der Waals surface area contributed by atoms with Crippen molar-refractivity contribution in [3.8, 4) is 5.82 Å². The van der Waals surface area contributed by atoms with E-state index in [9.17, 15) is 0 Å². The molecule has 154 valence electrons. The summed E-state index contributed by atoms with van der Waals surface area (Å²) in [4.78, 5) is 13.2. The third-order valence-corrected chi connectivity index (χ3v) is 5.62. The first-order chi connectivity index (χ1) is 13.1. The molecule has 6 nitrogen and oxygen atoms in total. The molecule has 0 unspecified atom stereocenters. The fourth-order valence-corrected chi connectivity index (χ4v) is 3.79. The van der Waals surface area contributed by atoms with Gasteiger partial charge >= 0.3 is 0 Å². The molecule has 7 heteroatoms. The van der Waals surface area contributed by atoms with Crippen LogP contribution in [-0.2, 0) is 6.54 Å². The summed E-state index contributed by atoms with van der Waals surface area (Å²) < 4.78 is 1.98. The van der Waals surface area contributed by atoms with Gasteiger partial charge in [-0.15, -0.1) is 24.0 Å². The highest BCUT2D eigenvalue weighted by Crippen LogP contribution is 2.29. The third kappa shape index (κ3) is 5.93. The van der Waals surface area contributed by atoms with Gasteiger partial charge in [0.25, 0.3) is 0 Å². The Bertz CT molecular complexity index is 745. The summed E-state index contributed by atoms with van der Waals surface area (Å²) in [6.07, 6.45) is 10.7. The first-order valence-electron chi connectivity index (χ1n) is 9.99. The topological polar surface area (TPSA) is 67.1 Å². The first-order valence-corrected chi connectivity index (χ1v) is 9.99. The van der Waals surface area contributed by atoms with Gasteiger partial charge in [-0.2, -0.15) is 0 Å². The van der Waals surface area contributed by atoms with Crippen molar-refractivity contribution < 1.29 is 0 Å². The summed E-state index contributed by atoms with van der Waals surface area (Å²) >= 11 is 0. The van der Waals surface area contributed by atoms with Crippen LogP contribution in [0.5, 0.6) is 0 Å². The van der Waals surface area contributed by atoms with E-state index in [4.69, 9.17) is 0 Å². The van der Waals surface area contributed by atoms with Crippen molar-refractivity contribution in [2.45, 2.75) is 59.0 Å². The molecule has 1 aliphatic carbocycles. The van der Waals surface area contributed by atoms with Gasteiger partial charge in [0, 0.05) is 38.2 Å². The number of halogens is 1. The van der Waals surface area contributed by atoms with Crippen LogP contribution in [-0.4, -0.2) is 33.6 Å². The molecule has 1 fully saturated rings. The van der Waals surface area contributed by atoms with E-state index in [-0.39, 0.29) is 24.0 Å². The molecule has 3 rings (SSSR count). The van der Waals surface area contributed by atoms with Gasteiger partial charge in [-0.3, -0.25) is 9.56 Å². The maximum Gasteiger partial charge on any atom is 0.191 e. The highest BCUT2D eigenvalue weighted by molar-refractivity contribution is 14.0. The second-order valence-corrected chi connectivity index (χ2v) is 7.79. The minimum atomic E-state index is 0. The van der Waals surface area contributed by atoms with Crippen molar-refractivity contribution in [1.29, 1.82) is 0 Å². The Balaban J connectivity index is 0.00000280. The summed E-state index contributed by atoms with van der Waals surface area (Å²) in [6, 6.07) is 4.64. The number of hydrogen-bond donors (Lipinski definition) is 2. The predicted molar refractivity (Wildman–Crippen MR) is 125 cm³/mol. The largest absolute Gasteiger partial charge is 0.354 e. The zero-order chi connectivity index (χ0) is 19.2. The number of nitrogens with one attached hydrogen (secondary N) is 2. The summed E-state index contributed by atoms with van der Waals surface area (Å²) in [6.45, 7) is 7.36. The van der Waals surface area contributed by atoms with E-state index >= 15 is 0 Å². The Morgan fingerprint density at radius 2 is 1.96 bits per heavy atom. The van der Waals surface area contributed by atoms with Crippen molar-refractivity contribution >= 4 is 29.9 Å². The molecule has 0 radical (unpaired) electrons. The number of imidazole rings is 1. The molecule has 2 N–H and O–H groups in total. The van der Waals surface area contributed by atoms with E-state index in [1.165, 1.54) is 25.7 Å². The number of pyridine rings is 1. The van der Waals surface area contributed by atoms with Gasteiger partial charge in [0.05, 0.1) is 0 Å². The van der Waals surface area contributed by atoms with E-state index < -0.39 is 0 Å². The molecular formula is C21H33IN6. The van der Waals surface area contributed by atoms with Crippen LogP contribution >= 0.6 is 24.0 Å². The van der Waals surface area contributed by atoms with Crippen LogP contribution < -0.4 is 10.6 Å². The quantitative estimate of drug-likeness (QED) is 0.372. The zero-order valence-electron chi connectivity index (χ0n) is 17.4. The van der Waals surface area contributed by atoms with Crippen LogP contribution in [0.15, 0.2) is 35.7 Å². The minimum Gasteiger partial charge on any atom is -0.354 e. The average Bonchev–Trinajstić information content (AvgIpc) is 3.12. The molecule has 0 aliphatic heterocycles. The number of nitrogens with zero attached hydrogens (tertiary/aromatic N) is 4. The Morgan fingerprint density at radius 3 is 2.50 bits per heavy atom. The number of aromatic nitrogens is 3. The molecule has 1 saturated carbocycles. The van der Waals surface area contributed by atoms with Crippen molar-refractivity contribution in [2.75, 3.05) is 7.05 Å². The van der Waals surface area contributed by atoms with Crippen LogP contribution in [0.2, 0.25) is 0 Å². The average molecular weight is 496 g/mol. The van der Waals surface area contributed by atoms with Gasteiger partial charge < -0.3 is 10.6 Å². The highest BCUT2D eigenvalue weighted by Gasteiger charge is 2.23. The summed E-state index contributed by atoms with van der Waals surface area (Å²) in [5.41, 5.74) is 1.13. The fourth-order valence-electron chi connectivity index (χ4n) is 3.79. The lowest BCUT2D eigenvalue weighted by atomic mass is 9.80. The van der Waals surface area contributed by atoms with Gasteiger partial charge in [-0.25, -0.2) is 9.97 Å². The molecule has 1 aliphatic rings. The third-order valence-electron chi connectivity index (χ3n) is 5.62. The number of aryl methyl sites for hydroxylation is 1. The van der Waals surface area contributed by atoms with Crippen LogP contribution in [0.25, 0.3) is 5.82 Å².